The van der Waals surface area contributed by atoms with Gasteiger partial charge in [0.05, 0.1) is 42.7 Å². The van der Waals surface area contributed by atoms with Crippen molar-refractivity contribution in [2.45, 2.75) is 8.42 Å². The predicted molar refractivity (Wildman–Crippen MR) is 99.7 cm³/mol. The summed E-state index contributed by atoms with van der Waals surface area (Å²) in [5, 5.41) is 1.34. The van der Waals surface area contributed by atoms with Crippen molar-refractivity contribution in [3.8, 4) is 33.1 Å². The lowest BCUT2D eigenvalue weighted by Crippen LogP contribution is -1.89. The quantitative estimate of drug-likeness (QED) is 0.553. The first-order valence-corrected chi connectivity index (χ1v) is 10.3. The summed E-state index contributed by atoms with van der Waals surface area (Å²) in [7, 11) is 12.7. The van der Waals surface area contributed by atoms with E-state index >= 15 is 0 Å². The van der Waals surface area contributed by atoms with Crippen LogP contribution in [0, 0.1) is 0 Å². The number of ether oxygens (including phenoxy) is 6. The molecule has 2 aromatic heterocycles. The number of rotatable bonds is 9. The van der Waals surface area contributed by atoms with E-state index in [9.17, 15) is 0 Å². The Morgan fingerprint density at radius 1 is 0.500 bits per heavy atom. The van der Waals surface area contributed by atoms with Gasteiger partial charge in [-0.1, -0.05) is 22.7 Å². The highest BCUT2D eigenvalue weighted by atomic mass is 33.1. The summed E-state index contributed by atoms with van der Waals surface area (Å²) in [6.45, 7) is 0. The van der Waals surface area contributed by atoms with Crippen LogP contribution in [-0.2, 0) is 0 Å². The second-order valence-electron chi connectivity index (χ2n) is 4.06. The standard InChI is InChI=1S/C14H18O6S4/c1-15-7-9(17-3)13(21-11(7)19-5)23-24-14-10(18-4)8(16-2)12(20-6)22-14/h1-6H3. The second-order valence-corrected chi connectivity index (χ2v) is 8.69. The van der Waals surface area contributed by atoms with E-state index in [1.807, 2.05) is 0 Å². The number of hydrogen-bond donors (Lipinski definition) is 0. The molecule has 0 bridgehead atoms. The van der Waals surface area contributed by atoms with Crippen molar-refractivity contribution in [2.24, 2.45) is 0 Å². The molecule has 6 nitrogen and oxygen atoms in total. The fourth-order valence-corrected chi connectivity index (χ4v) is 6.98. The summed E-state index contributed by atoms with van der Waals surface area (Å²) in [6, 6.07) is 0. The maximum absolute atomic E-state index is 5.46. The van der Waals surface area contributed by atoms with Gasteiger partial charge in [-0.15, -0.1) is 0 Å². The van der Waals surface area contributed by atoms with E-state index in [2.05, 4.69) is 0 Å². The smallest absolute Gasteiger partial charge is 0.221 e. The predicted octanol–water partition coefficient (Wildman–Crippen LogP) is 4.66. The molecule has 0 saturated carbocycles. The summed E-state index contributed by atoms with van der Waals surface area (Å²) in [5.41, 5.74) is 0. The topological polar surface area (TPSA) is 55.4 Å². The number of hydrogen-bond acceptors (Lipinski definition) is 10. The van der Waals surface area contributed by atoms with Gasteiger partial charge in [0.2, 0.25) is 21.6 Å². The molecule has 0 aliphatic carbocycles. The first-order valence-electron chi connectivity index (χ1n) is 6.57. The van der Waals surface area contributed by atoms with Crippen LogP contribution in [0.5, 0.6) is 33.1 Å². The van der Waals surface area contributed by atoms with Crippen LogP contribution in [0.3, 0.4) is 0 Å². The van der Waals surface area contributed by atoms with Gasteiger partial charge in [-0.25, -0.2) is 0 Å². The van der Waals surface area contributed by atoms with Gasteiger partial charge in [0, 0.05) is 0 Å². The Morgan fingerprint density at radius 3 is 1.08 bits per heavy atom. The van der Waals surface area contributed by atoms with Crippen LogP contribution in [0.15, 0.2) is 8.42 Å². The Balaban J connectivity index is 2.28. The third-order valence-corrected chi connectivity index (χ3v) is 8.36. The van der Waals surface area contributed by atoms with Gasteiger partial charge in [-0.3, -0.25) is 0 Å². The summed E-state index contributed by atoms with van der Waals surface area (Å²) >= 11 is 2.92. The summed E-state index contributed by atoms with van der Waals surface area (Å²) in [4.78, 5) is 0. The molecule has 0 amide bonds. The molecule has 0 aliphatic rings. The molecule has 2 aromatic rings. The third-order valence-electron chi connectivity index (χ3n) is 2.91. The summed E-state index contributed by atoms with van der Waals surface area (Å²) in [5.74, 6) is 2.51. The Bertz CT molecular complexity index is 623. The van der Waals surface area contributed by atoms with E-state index in [0.717, 1.165) is 8.42 Å². The Labute approximate surface area is 156 Å². The Morgan fingerprint density at radius 2 is 0.833 bits per heavy atom. The molecule has 0 atom stereocenters. The number of methoxy groups -OCH3 is 6. The van der Waals surface area contributed by atoms with Crippen molar-refractivity contribution in [1.82, 2.24) is 0 Å². The van der Waals surface area contributed by atoms with Crippen molar-refractivity contribution in [1.29, 1.82) is 0 Å². The van der Waals surface area contributed by atoms with Crippen molar-refractivity contribution in [3.63, 3.8) is 0 Å². The van der Waals surface area contributed by atoms with Gasteiger partial charge in [-0.05, 0) is 21.6 Å². The van der Waals surface area contributed by atoms with Crippen LogP contribution in [-0.4, -0.2) is 42.7 Å². The molecule has 0 N–H and O–H groups in total. The summed E-state index contributed by atoms with van der Waals surface area (Å²) < 4.78 is 34.2. The molecule has 0 fully saturated rings. The first-order chi connectivity index (χ1) is 11.6. The van der Waals surface area contributed by atoms with Crippen LogP contribution in [0.4, 0.5) is 0 Å². The van der Waals surface area contributed by atoms with Gasteiger partial charge in [0.15, 0.2) is 11.5 Å². The maximum atomic E-state index is 5.46. The largest absolute Gasteiger partial charge is 0.491 e. The minimum Gasteiger partial charge on any atom is -0.491 e. The Hall–Kier alpha value is -1.10. The maximum Gasteiger partial charge on any atom is 0.221 e. The van der Waals surface area contributed by atoms with Crippen molar-refractivity contribution < 1.29 is 28.4 Å². The van der Waals surface area contributed by atoms with Crippen LogP contribution >= 0.6 is 44.3 Å². The zero-order valence-corrected chi connectivity index (χ0v) is 17.3. The number of thiophene rings is 2. The molecule has 24 heavy (non-hydrogen) atoms. The summed E-state index contributed by atoms with van der Waals surface area (Å²) in [6.07, 6.45) is 0. The highest BCUT2D eigenvalue weighted by Gasteiger charge is 2.25. The van der Waals surface area contributed by atoms with Gasteiger partial charge in [0.1, 0.15) is 8.42 Å². The molecule has 134 valence electrons. The normalized spacial score (nSPS) is 10.4. The van der Waals surface area contributed by atoms with E-state index in [-0.39, 0.29) is 0 Å². The molecular weight excluding hydrogens is 392 g/mol. The third kappa shape index (κ3) is 3.61. The highest BCUT2D eigenvalue weighted by molar-refractivity contribution is 8.77. The van der Waals surface area contributed by atoms with Crippen LogP contribution < -0.4 is 28.4 Å². The fourth-order valence-electron chi connectivity index (χ4n) is 1.88. The lowest BCUT2D eigenvalue weighted by molar-refractivity contribution is 0.330. The molecule has 2 heterocycles. The van der Waals surface area contributed by atoms with Crippen molar-refractivity contribution in [2.75, 3.05) is 42.7 Å². The fraction of sp³-hybridized carbons (Fsp3) is 0.429. The minimum atomic E-state index is 0.599. The van der Waals surface area contributed by atoms with E-state index in [1.165, 1.54) is 44.3 Å². The average Bonchev–Trinajstić information content (AvgIpc) is 3.15. The SMILES string of the molecule is COc1sc(SSc2sc(OC)c(OC)c2OC)c(OC)c1OC. The zero-order valence-electron chi connectivity index (χ0n) is 14.1. The van der Waals surface area contributed by atoms with Crippen molar-refractivity contribution in [3.05, 3.63) is 0 Å². The molecule has 0 radical (unpaired) electrons. The van der Waals surface area contributed by atoms with E-state index in [1.54, 1.807) is 42.7 Å². The van der Waals surface area contributed by atoms with Gasteiger partial charge in [0.25, 0.3) is 0 Å². The zero-order chi connectivity index (χ0) is 17.7. The molecule has 10 heteroatoms. The second kappa shape index (κ2) is 8.84. The molecule has 2 rings (SSSR count). The lowest BCUT2D eigenvalue weighted by Gasteiger charge is -2.06. The van der Waals surface area contributed by atoms with Gasteiger partial charge in [-0.2, -0.15) is 0 Å². The molecule has 0 unspecified atom stereocenters. The lowest BCUT2D eigenvalue weighted by atomic mass is 10.5. The molecule has 0 spiro atoms. The van der Waals surface area contributed by atoms with Crippen molar-refractivity contribution >= 4 is 44.3 Å². The molecule has 0 aliphatic heterocycles. The van der Waals surface area contributed by atoms with E-state index < -0.39 is 0 Å². The first kappa shape index (κ1) is 19.2. The average molecular weight is 411 g/mol. The van der Waals surface area contributed by atoms with Crippen LogP contribution in [0.1, 0.15) is 0 Å². The van der Waals surface area contributed by atoms with E-state index in [0.29, 0.717) is 33.1 Å². The van der Waals surface area contributed by atoms with Gasteiger partial charge < -0.3 is 28.4 Å². The molecular formula is C14H18O6S4. The monoisotopic (exact) mass is 410 g/mol. The highest BCUT2D eigenvalue weighted by Crippen LogP contribution is 2.60. The van der Waals surface area contributed by atoms with E-state index in [4.69, 9.17) is 28.4 Å². The Kier molecular flexibility index (Phi) is 7.08. The molecule has 0 aromatic carbocycles. The van der Waals surface area contributed by atoms with Crippen LogP contribution in [0.25, 0.3) is 0 Å². The molecule has 0 saturated heterocycles. The van der Waals surface area contributed by atoms with Crippen LogP contribution in [0.2, 0.25) is 0 Å². The minimum absolute atomic E-state index is 0.599. The van der Waals surface area contributed by atoms with Gasteiger partial charge >= 0.3 is 0 Å².